The molecule has 2 aromatic carbocycles. The van der Waals surface area contributed by atoms with E-state index in [0.29, 0.717) is 28.7 Å². The van der Waals surface area contributed by atoms with Gasteiger partial charge in [0.15, 0.2) is 17.6 Å². The van der Waals surface area contributed by atoms with E-state index in [1.807, 2.05) is 0 Å². The number of nitrogens with one attached hydrogen (secondary N) is 1. The molecule has 8 heteroatoms. The zero-order chi connectivity index (χ0) is 19.4. The van der Waals surface area contributed by atoms with Crippen molar-refractivity contribution in [3.63, 3.8) is 0 Å². The Bertz CT molecular complexity index is 865. The normalized spacial score (nSPS) is 12.9. The van der Waals surface area contributed by atoms with E-state index >= 15 is 0 Å². The van der Waals surface area contributed by atoms with Crippen LogP contribution in [0.2, 0.25) is 0 Å². The molecule has 1 N–H and O–H groups in total. The minimum atomic E-state index is -1.02. The van der Waals surface area contributed by atoms with Crippen molar-refractivity contribution in [3.8, 4) is 23.0 Å². The molecule has 0 saturated carbocycles. The van der Waals surface area contributed by atoms with E-state index in [1.165, 1.54) is 27.2 Å². The lowest BCUT2D eigenvalue weighted by Crippen LogP contribution is -2.30. The van der Waals surface area contributed by atoms with Crippen LogP contribution >= 0.6 is 0 Å². The molecule has 0 aromatic heterocycles. The molecule has 1 atom stereocenters. The number of rotatable bonds is 6. The van der Waals surface area contributed by atoms with Gasteiger partial charge in [-0.2, -0.15) is 0 Å². The van der Waals surface area contributed by atoms with Crippen molar-refractivity contribution in [2.75, 3.05) is 26.3 Å². The van der Waals surface area contributed by atoms with Gasteiger partial charge in [0, 0.05) is 17.8 Å². The Balaban J connectivity index is 1.65. The second kappa shape index (κ2) is 7.86. The maximum absolute atomic E-state index is 12.4. The first kappa shape index (κ1) is 18.4. The van der Waals surface area contributed by atoms with Crippen LogP contribution in [0.3, 0.4) is 0 Å². The van der Waals surface area contributed by atoms with Crippen molar-refractivity contribution in [2.24, 2.45) is 0 Å². The summed E-state index contributed by atoms with van der Waals surface area (Å²) in [6.45, 7) is 1.63. The van der Waals surface area contributed by atoms with Crippen LogP contribution in [-0.4, -0.2) is 39.0 Å². The van der Waals surface area contributed by atoms with Crippen LogP contribution in [0.4, 0.5) is 5.69 Å². The van der Waals surface area contributed by atoms with Gasteiger partial charge in [-0.05, 0) is 31.2 Å². The maximum atomic E-state index is 12.4. The Morgan fingerprint density at radius 1 is 1.04 bits per heavy atom. The van der Waals surface area contributed by atoms with Gasteiger partial charge in [-0.1, -0.05) is 0 Å². The van der Waals surface area contributed by atoms with Crippen LogP contribution in [0, 0.1) is 0 Å². The van der Waals surface area contributed by atoms with E-state index in [4.69, 9.17) is 23.7 Å². The first-order valence-electron chi connectivity index (χ1n) is 8.15. The third kappa shape index (κ3) is 4.05. The van der Waals surface area contributed by atoms with Crippen LogP contribution in [0.1, 0.15) is 17.3 Å². The van der Waals surface area contributed by atoms with Crippen molar-refractivity contribution in [1.29, 1.82) is 0 Å². The highest BCUT2D eigenvalue weighted by molar-refractivity contribution is 5.98. The first-order chi connectivity index (χ1) is 13.0. The summed E-state index contributed by atoms with van der Waals surface area (Å²) in [6, 6.07) is 9.69. The largest absolute Gasteiger partial charge is 0.497 e. The maximum Gasteiger partial charge on any atom is 0.342 e. The molecule has 3 rings (SSSR count). The molecule has 2 aromatic rings. The molecule has 0 aliphatic carbocycles. The molecular formula is C19H19NO7. The molecule has 142 valence electrons. The average molecular weight is 373 g/mol. The van der Waals surface area contributed by atoms with Gasteiger partial charge in [-0.15, -0.1) is 0 Å². The summed E-state index contributed by atoms with van der Waals surface area (Å²) in [6.07, 6.45) is -1.02. The number of benzene rings is 2. The second-order valence-corrected chi connectivity index (χ2v) is 5.67. The number of anilines is 1. The monoisotopic (exact) mass is 373 g/mol. The summed E-state index contributed by atoms with van der Waals surface area (Å²) >= 11 is 0. The van der Waals surface area contributed by atoms with E-state index in [2.05, 4.69) is 5.32 Å². The number of hydrogen-bond acceptors (Lipinski definition) is 7. The molecule has 0 bridgehead atoms. The van der Waals surface area contributed by atoms with Crippen molar-refractivity contribution in [3.05, 3.63) is 42.0 Å². The van der Waals surface area contributed by atoms with Crippen LogP contribution in [0.15, 0.2) is 36.4 Å². The Kier molecular flexibility index (Phi) is 5.35. The predicted octanol–water partition coefficient (Wildman–Crippen LogP) is 2.62. The predicted molar refractivity (Wildman–Crippen MR) is 95.6 cm³/mol. The molecular weight excluding hydrogens is 354 g/mol. The Morgan fingerprint density at radius 2 is 1.81 bits per heavy atom. The summed E-state index contributed by atoms with van der Waals surface area (Å²) in [5.41, 5.74) is 0.704. The van der Waals surface area contributed by atoms with Gasteiger partial charge in [0.05, 0.1) is 14.2 Å². The highest BCUT2D eigenvalue weighted by Crippen LogP contribution is 2.34. The lowest BCUT2D eigenvalue weighted by Gasteiger charge is -2.15. The highest BCUT2D eigenvalue weighted by atomic mass is 16.7. The van der Waals surface area contributed by atoms with Crippen molar-refractivity contribution in [1.82, 2.24) is 0 Å². The number of esters is 1. The standard InChI is InChI=1S/C19H19NO7/c1-11(18(21)20-12-4-7-15-17(8-12)26-10-25-15)27-19(22)14-6-5-13(23-2)9-16(14)24-3/h4-9,11H,10H2,1-3H3,(H,20,21)/t11-/m1/s1. The van der Waals surface area contributed by atoms with E-state index in [-0.39, 0.29) is 12.4 Å². The average Bonchev–Trinajstić information content (AvgIpc) is 3.15. The van der Waals surface area contributed by atoms with Gasteiger partial charge in [0.2, 0.25) is 6.79 Å². The fraction of sp³-hybridized carbons (Fsp3) is 0.263. The minimum absolute atomic E-state index is 0.143. The number of carbonyl (C=O) groups is 2. The van der Waals surface area contributed by atoms with Crippen LogP contribution in [-0.2, 0) is 9.53 Å². The third-order valence-electron chi connectivity index (χ3n) is 3.92. The van der Waals surface area contributed by atoms with E-state index in [1.54, 1.807) is 30.3 Å². The van der Waals surface area contributed by atoms with Gasteiger partial charge in [-0.25, -0.2) is 4.79 Å². The summed E-state index contributed by atoms with van der Waals surface area (Å²) in [5.74, 6) is 0.830. The van der Waals surface area contributed by atoms with Crippen LogP contribution < -0.4 is 24.3 Å². The third-order valence-corrected chi connectivity index (χ3v) is 3.92. The van der Waals surface area contributed by atoms with Gasteiger partial charge in [-0.3, -0.25) is 4.79 Å². The molecule has 0 fully saturated rings. The summed E-state index contributed by atoms with van der Waals surface area (Å²) < 4.78 is 26.0. The van der Waals surface area contributed by atoms with Gasteiger partial charge in [0.1, 0.15) is 17.1 Å². The smallest absolute Gasteiger partial charge is 0.342 e. The molecule has 0 radical (unpaired) electrons. The SMILES string of the molecule is COc1ccc(C(=O)O[C@H](C)C(=O)Nc2ccc3c(c2)OCO3)c(OC)c1. The van der Waals surface area contributed by atoms with E-state index in [9.17, 15) is 9.59 Å². The van der Waals surface area contributed by atoms with E-state index in [0.717, 1.165) is 0 Å². The first-order valence-corrected chi connectivity index (χ1v) is 8.15. The molecule has 27 heavy (non-hydrogen) atoms. The second-order valence-electron chi connectivity index (χ2n) is 5.67. The quantitative estimate of drug-likeness (QED) is 0.778. The molecule has 1 aliphatic rings. The lowest BCUT2D eigenvalue weighted by atomic mass is 10.2. The zero-order valence-electron chi connectivity index (χ0n) is 15.1. The topological polar surface area (TPSA) is 92.3 Å². The lowest BCUT2D eigenvalue weighted by molar-refractivity contribution is -0.123. The fourth-order valence-corrected chi connectivity index (χ4v) is 2.46. The van der Waals surface area contributed by atoms with Gasteiger partial charge >= 0.3 is 5.97 Å². The summed E-state index contributed by atoms with van der Waals surface area (Å²) in [7, 11) is 2.94. The Labute approximate surface area is 155 Å². The van der Waals surface area contributed by atoms with Crippen molar-refractivity contribution >= 4 is 17.6 Å². The summed E-state index contributed by atoms with van der Waals surface area (Å²) in [4.78, 5) is 24.7. The fourth-order valence-electron chi connectivity index (χ4n) is 2.46. The van der Waals surface area contributed by atoms with Crippen LogP contribution in [0.5, 0.6) is 23.0 Å². The summed E-state index contributed by atoms with van der Waals surface area (Å²) in [5, 5.41) is 2.67. The number of fused-ring (bicyclic) bond motifs is 1. The van der Waals surface area contributed by atoms with Crippen molar-refractivity contribution in [2.45, 2.75) is 13.0 Å². The molecule has 1 amide bonds. The van der Waals surface area contributed by atoms with Gasteiger partial charge in [0.25, 0.3) is 5.91 Å². The van der Waals surface area contributed by atoms with E-state index < -0.39 is 18.0 Å². The minimum Gasteiger partial charge on any atom is -0.497 e. The number of methoxy groups -OCH3 is 2. The molecule has 0 unspecified atom stereocenters. The Hall–Kier alpha value is -3.42. The Morgan fingerprint density at radius 3 is 2.56 bits per heavy atom. The van der Waals surface area contributed by atoms with Crippen LogP contribution in [0.25, 0.3) is 0 Å². The molecule has 1 heterocycles. The molecule has 0 spiro atoms. The number of hydrogen-bond donors (Lipinski definition) is 1. The number of amides is 1. The molecule has 8 nitrogen and oxygen atoms in total. The zero-order valence-corrected chi connectivity index (χ0v) is 15.1. The number of carbonyl (C=O) groups excluding carboxylic acids is 2. The molecule has 0 saturated heterocycles. The highest BCUT2D eigenvalue weighted by Gasteiger charge is 2.22. The number of ether oxygens (including phenoxy) is 5. The van der Waals surface area contributed by atoms with Gasteiger partial charge < -0.3 is 29.0 Å². The van der Waals surface area contributed by atoms with Crippen molar-refractivity contribution < 1.29 is 33.3 Å². The molecule has 1 aliphatic heterocycles.